The van der Waals surface area contributed by atoms with E-state index in [0.717, 1.165) is 45.6 Å². The van der Waals surface area contributed by atoms with Crippen molar-refractivity contribution in [2.75, 3.05) is 45.8 Å². The van der Waals surface area contributed by atoms with Gasteiger partial charge in [-0.3, -0.25) is 9.69 Å². The van der Waals surface area contributed by atoms with Crippen molar-refractivity contribution in [3.05, 3.63) is 35.9 Å². The lowest BCUT2D eigenvalue weighted by Crippen LogP contribution is -2.52. The lowest BCUT2D eigenvalue weighted by molar-refractivity contribution is -0.129. The zero-order chi connectivity index (χ0) is 18.5. The minimum Gasteiger partial charge on any atom is -0.342 e. The van der Waals surface area contributed by atoms with Crippen LogP contribution in [0.4, 0.5) is 0 Å². The Morgan fingerprint density at radius 1 is 0.778 bits per heavy atom. The molecule has 0 unspecified atom stereocenters. The second-order valence-electron chi connectivity index (χ2n) is 9.02. The smallest absolute Gasteiger partial charge is 0.222 e. The predicted molar refractivity (Wildman–Crippen MR) is 109 cm³/mol. The van der Waals surface area contributed by atoms with E-state index in [1.54, 1.807) is 0 Å². The summed E-state index contributed by atoms with van der Waals surface area (Å²) in [5.74, 6) is 0.396. The van der Waals surface area contributed by atoms with Crippen LogP contribution in [-0.4, -0.2) is 66.4 Å². The van der Waals surface area contributed by atoms with Crippen molar-refractivity contribution in [1.29, 1.82) is 0 Å². The molecule has 3 fully saturated rings. The molecule has 0 N–H and O–H groups in total. The van der Waals surface area contributed by atoms with E-state index in [1.165, 1.54) is 57.3 Å². The SMILES string of the molecule is O=C1CCCN1CC1(CN2CCN(Cc3ccccc3)CC2)CCCCC1. The van der Waals surface area contributed by atoms with E-state index in [-0.39, 0.29) is 0 Å². The fourth-order valence-corrected chi connectivity index (χ4v) is 5.37. The van der Waals surface area contributed by atoms with Gasteiger partial charge in [-0.25, -0.2) is 0 Å². The van der Waals surface area contributed by atoms with Gasteiger partial charge in [0.1, 0.15) is 0 Å². The summed E-state index contributed by atoms with van der Waals surface area (Å²) >= 11 is 0. The first-order chi connectivity index (χ1) is 13.2. The largest absolute Gasteiger partial charge is 0.342 e. The molecule has 4 nitrogen and oxygen atoms in total. The lowest BCUT2D eigenvalue weighted by atomic mass is 9.73. The molecule has 0 radical (unpaired) electrons. The summed E-state index contributed by atoms with van der Waals surface area (Å²) in [5, 5.41) is 0. The first-order valence-corrected chi connectivity index (χ1v) is 11.0. The van der Waals surface area contributed by atoms with Crippen LogP contribution in [0.25, 0.3) is 0 Å². The Labute approximate surface area is 164 Å². The fourth-order valence-electron chi connectivity index (χ4n) is 5.37. The number of hydrogen-bond donors (Lipinski definition) is 0. The van der Waals surface area contributed by atoms with Crippen molar-refractivity contribution in [1.82, 2.24) is 14.7 Å². The normalized spacial score (nSPS) is 24.4. The Hall–Kier alpha value is -1.39. The zero-order valence-corrected chi connectivity index (χ0v) is 16.7. The lowest BCUT2D eigenvalue weighted by Gasteiger charge is -2.45. The van der Waals surface area contributed by atoms with Gasteiger partial charge >= 0.3 is 0 Å². The van der Waals surface area contributed by atoms with E-state index in [2.05, 4.69) is 45.0 Å². The van der Waals surface area contributed by atoms with E-state index in [4.69, 9.17) is 0 Å². The quantitative estimate of drug-likeness (QED) is 0.769. The van der Waals surface area contributed by atoms with Crippen LogP contribution >= 0.6 is 0 Å². The van der Waals surface area contributed by atoms with Crippen LogP contribution in [0.1, 0.15) is 50.5 Å². The van der Waals surface area contributed by atoms with Gasteiger partial charge in [0.25, 0.3) is 0 Å². The van der Waals surface area contributed by atoms with Gasteiger partial charge in [0.15, 0.2) is 0 Å². The first kappa shape index (κ1) is 18.9. The molecule has 1 aromatic rings. The number of nitrogens with zero attached hydrogens (tertiary/aromatic N) is 3. The second kappa shape index (κ2) is 8.74. The topological polar surface area (TPSA) is 26.8 Å². The zero-order valence-electron chi connectivity index (χ0n) is 16.7. The van der Waals surface area contributed by atoms with E-state index < -0.39 is 0 Å². The van der Waals surface area contributed by atoms with Gasteiger partial charge in [-0.05, 0) is 24.8 Å². The van der Waals surface area contributed by atoms with Crippen LogP contribution in [0.3, 0.4) is 0 Å². The molecule has 1 aliphatic carbocycles. The van der Waals surface area contributed by atoms with Gasteiger partial charge < -0.3 is 9.80 Å². The number of hydrogen-bond acceptors (Lipinski definition) is 3. The van der Waals surface area contributed by atoms with Crippen molar-refractivity contribution in [2.24, 2.45) is 5.41 Å². The number of benzene rings is 1. The van der Waals surface area contributed by atoms with Crippen molar-refractivity contribution >= 4 is 5.91 Å². The van der Waals surface area contributed by atoms with Gasteiger partial charge in [-0.15, -0.1) is 0 Å². The maximum atomic E-state index is 12.2. The number of carbonyl (C=O) groups excluding carboxylic acids is 1. The van der Waals surface area contributed by atoms with E-state index in [1.807, 2.05) is 0 Å². The highest BCUT2D eigenvalue weighted by atomic mass is 16.2. The molecule has 1 saturated carbocycles. The molecule has 2 heterocycles. The molecular weight excluding hydrogens is 334 g/mol. The highest BCUT2D eigenvalue weighted by Gasteiger charge is 2.38. The van der Waals surface area contributed by atoms with Gasteiger partial charge in [0.2, 0.25) is 5.91 Å². The van der Waals surface area contributed by atoms with E-state index in [9.17, 15) is 4.79 Å². The Kier molecular flexibility index (Phi) is 6.14. The fraction of sp³-hybridized carbons (Fsp3) is 0.696. The Bertz CT molecular complexity index is 603. The van der Waals surface area contributed by atoms with Crippen molar-refractivity contribution in [3.8, 4) is 0 Å². The molecular formula is C23H35N3O. The van der Waals surface area contributed by atoms with Crippen LogP contribution < -0.4 is 0 Å². The maximum Gasteiger partial charge on any atom is 0.222 e. The van der Waals surface area contributed by atoms with Crippen LogP contribution in [0, 0.1) is 5.41 Å². The Morgan fingerprint density at radius 2 is 1.48 bits per heavy atom. The van der Waals surface area contributed by atoms with Crippen molar-refractivity contribution in [3.63, 3.8) is 0 Å². The van der Waals surface area contributed by atoms with Gasteiger partial charge in [-0.1, -0.05) is 49.6 Å². The van der Waals surface area contributed by atoms with Gasteiger partial charge in [-0.2, -0.15) is 0 Å². The summed E-state index contributed by atoms with van der Waals surface area (Å²) in [6, 6.07) is 10.8. The Balaban J connectivity index is 1.31. The number of carbonyl (C=O) groups is 1. The standard InChI is InChI=1S/C23H35N3O/c27-22-10-7-13-26(22)20-23(11-5-2-6-12-23)19-25-16-14-24(15-17-25)18-21-8-3-1-4-9-21/h1,3-4,8-9H,2,5-7,10-20H2. The molecule has 1 amide bonds. The molecule has 4 rings (SSSR count). The average Bonchev–Trinajstić information content (AvgIpc) is 3.09. The summed E-state index contributed by atoms with van der Waals surface area (Å²) in [6.07, 6.45) is 8.51. The second-order valence-corrected chi connectivity index (χ2v) is 9.02. The molecule has 1 aromatic carbocycles. The third-order valence-electron chi connectivity index (χ3n) is 6.88. The first-order valence-electron chi connectivity index (χ1n) is 11.0. The van der Waals surface area contributed by atoms with E-state index in [0.29, 0.717) is 11.3 Å². The van der Waals surface area contributed by atoms with Crippen LogP contribution in [0.5, 0.6) is 0 Å². The van der Waals surface area contributed by atoms with Crippen LogP contribution in [0.15, 0.2) is 30.3 Å². The molecule has 0 atom stereocenters. The molecule has 0 aromatic heterocycles. The summed E-state index contributed by atoms with van der Waals surface area (Å²) < 4.78 is 0. The van der Waals surface area contributed by atoms with Crippen LogP contribution in [-0.2, 0) is 11.3 Å². The van der Waals surface area contributed by atoms with E-state index >= 15 is 0 Å². The van der Waals surface area contributed by atoms with Crippen LogP contribution in [0.2, 0.25) is 0 Å². The monoisotopic (exact) mass is 369 g/mol. The minimum absolute atomic E-state index is 0.347. The molecule has 2 aliphatic heterocycles. The summed E-state index contributed by atoms with van der Waals surface area (Å²) in [7, 11) is 0. The minimum atomic E-state index is 0.347. The number of amides is 1. The Morgan fingerprint density at radius 3 is 2.15 bits per heavy atom. The number of rotatable bonds is 6. The maximum absolute atomic E-state index is 12.2. The van der Waals surface area contributed by atoms with Crippen molar-refractivity contribution in [2.45, 2.75) is 51.5 Å². The molecule has 0 bridgehead atoms. The molecule has 0 spiro atoms. The average molecular weight is 370 g/mol. The molecule has 3 aliphatic rings. The molecule has 148 valence electrons. The molecule has 2 saturated heterocycles. The summed E-state index contributed by atoms with van der Waals surface area (Å²) in [6.45, 7) is 8.92. The number of likely N-dealkylation sites (tertiary alicyclic amines) is 1. The van der Waals surface area contributed by atoms with Gasteiger partial charge in [0.05, 0.1) is 0 Å². The third kappa shape index (κ3) is 4.91. The van der Waals surface area contributed by atoms with Crippen molar-refractivity contribution < 1.29 is 4.79 Å². The number of piperazine rings is 1. The van der Waals surface area contributed by atoms with Gasteiger partial charge in [0, 0.05) is 64.2 Å². The summed E-state index contributed by atoms with van der Waals surface area (Å²) in [4.78, 5) is 19.7. The third-order valence-corrected chi connectivity index (χ3v) is 6.88. The summed E-state index contributed by atoms with van der Waals surface area (Å²) in [5.41, 5.74) is 1.77. The molecule has 4 heteroatoms. The highest BCUT2D eigenvalue weighted by molar-refractivity contribution is 5.78. The molecule has 27 heavy (non-hydrogen) atoms. The highest BCUT2D eigenvalue weighted by Crippen LogP contribution is 2.39. The predicted octanol–water partition coefficient (Wildman–Crippen LogP) is 3.38.